The van der Waals surface area contributed by atoms with Crippen LogP contribution in [0.4, 0.5) is 22.0 Å². The molecule has 0 radical (unpaired) electrons. The summed E-state index contributed by atoms with van der Waals surface area (Å²) in [7, 11) is 0. The molecule has 4 atom stereocenters. The lowest BCUT2D eigenvalue weighted by Crippen LogP contribution is -2.51. The molecule has 0 aromatic heterocycles. The first kappa shape index (κ1) is 24.7. The molecule has 2 aromatic carbocycles. The van der Waals surface area contributed by atoms with Crippen LogP contribution in [0.2, 0.25) is 0 Å². The molecule has 2 aliphatic heterocycles. The second-order valence-corrected chi connectivity index (χ2v) is 8.56. The van der Waals surface area contributed by atoms with Gasteiger partial charge in [-0.25, -0.2) is 18.6 Å². The van der Waals surface area contributed by atoms with Crippen molar-refractivity contribution in [2.24, 2.45) is 16.6 Å². The van der Waals surface area contributed by atoms with Crippen LogP contribution in [0.1, 0.15) is 24.8 Å². The Kier molecular flexibility index (Phi) is 6.34. The molecule has 0 amide bonds. The summed E-state index contributed by atoms with van der Waals surface area (Å²) in [6.07, 6.45) is -3.68. The quantitative estimate of drug-likeness (QED) is 0.515. The first-order chi connectivity index (χ1) is 16.4. The van der Waals surface area contributed by atoms with Gasteiger partial charge >= 0.3 is 12.1 Å². The third-order valence-corrected chi connectivity index (χ3v) is 6.29. The fourth-order valence-corrected chi connectivity index (χ4v) is 4.77. The summed E-state index contributed by atoms with van der Waals surface area (Å²) in [6.45, 7) is 0.254. The van der Waals surface area contributed by atoms with Gasteiger partial charge in [0, 0.05) is 17.5 Å². The van der Waals surface area contributed by atoms with Gasteiger partial charge in [-0.05, 0) is 54.7 Å². The zero-order chi connectivity index (χ0) is 25.5. The normalized spacial score (nSPS) is 26.9. The monoisotopic (exact) mass is 500 g/mol. The van der Waals surface area contributed by atoms with Crippen LogP contribution < -0.4 is 10.5 Å². The van der Waals surface area contributed by atoms with Crippen molar-refractivity contribution in [3.05, 3.63) is 53.6 Å². The van der Waals surface area contributed by atoms with Crippen molar-refractivity contribution < 1.29 is 46.4 Å². The molecule has 7 nitrogen and oxygen atoms in total. The number of alkyl halides is 3. The Morgan fingerprint density at radius 2 is 1.74 bits per heavy atom. The summed E-state index contributed by atoms with van der Waals surface area (Å²) in [5.41, 5.74) is 6.94. The molecular formula is C23H21F5N2O5. The van der Waals surface area contributed by atoms with Gasteiger partial charge in [-0.2, -0.15) is 13.2 Å². The predicted molar refractivity (Wildman–Crippen MR) is 113 cm³/mol. The van der Waals surface area contributed by atoms with E-state index in [1.54, 1.807) is 12.1 Å². The average Bonchev–Trinajstić information content (AvgIpc) is 3.16. The maximum atomic E-state index is 13.7. The molecule has 2 heterocycles. The van der Waals surface area contributed by atoms with E-state index in [0.29, 0.717) is 29.7 Å². The van der Waals surface area contributed by atoms with Gasteiger partial charge < -0.3 is 25.4 Å². The number of fused-ring (bicyclic) bond motifs is 4. The molecule has 3 aliphatic rings. The minimum absolute atomic E-state index is 0.0911. The number of amidine groups is 1. The number of benzene rings is 2. The topological polar surface area (TPSA) is 114 Å². The number of aliphatic carboxylic acids is 1. The van der Waals surface area contributed by atoms with Crippen LogP contribution in [0.5, 0.6) is 5.75 Å². The third-order valence-electron chi connectivity index (χ3n) is 6.29. The predicted octanol–water partition coefficient (Wildman–Crippen LogP) is 3.73. The number of aliphatic hydroxyl groups excluding tert-OH is 1. The van der Waals surface area contributed by atoms with Crippen LogP contribution in [0.3, 0.4) is 0 Å². The average molecular weight is 500 g/mol. The van der Waals surface area contributed by atoms with Gasteiger partial charge in [-0.3, -0.25) is 0 Å². The Hall–Kier alpha value is -3.41. The van der Waals surface area contributed by atoms with E-state index >= 15 is 0 Å². The van der Waals surface area contributed by atoms with Gasteiger partial charge in [0.1, 0.15) is 35.6 Å². The van der Waals surface area contributed by atoms with Crippen LogP contribution in [0.25, 0.3) is 11.1 Å². The Morgan fingerprint density at radius 3 is 2.31 bits per heavy atom. The summed E-state index contributed by atoms with van der Waals surface area (Å²) < 4.78 is 70.9. The zero-order valence-corrected chi connectivity index (χ0v) is 18.1. The number of nitrogens with zero attached hydrogens (tertiary/aromatic N) is 1. The van der Waals surface area contributed by atoms with Crippen LogP contribution in [0, 0.1) is 17.6 Å². The lowest BCUT2D eigenvalue weighted by molar-refractivity contribution is -0.192. The number of carboxylic acid groups (broad SMARTS) is 1. The maximum absolute atomic E-state index is 13.7. The van der Waals surface area contributed by atoms with Crippen molar-refractivity contribution in [3.63, 3.8) is 0 Å². The molecular weight excluding hydrogens is 479 g/mol. The maximum Gasteiger partial charge on any atom is 0.490 e. The highest BCUT2D eigenvalue weighted by molar-refractivity contribution is 5.75. The summed E-state index contributed by atoms with van der Waals surface area (Å²) in [6, 6.07) is 8.95. The molecule has 188 valence electrons. The minimum Gasteiger partial charge on any atom is -0.490 e. The summed E-state index contributed by atoms with van der Waals surface area (Å²) >= 11 is 0. The van der Waals surface area contributed by atoms with Gasteiger partial charge in [0.2, 0.25) is 0 Å². The van der Waals surface area contributed by atoms with Gasteiger partial charge in [0.05, 0.1) is 6.10 Å². The molecule has 1 saturated carbocycles. The van der Waals surface area contributed by atoms with Crippen molar-refractivity contribution in [1.29, 1.82) is 0 Å². The Bertz CT molecular complexity index is 1150. The molecule has 4 N–H and O–H groups in total. The Morgan fingerprint density at radius 1 is 1.09 bits per heavy atom. The molecule has 5 rings (SSSR count). The summed E-state index contributed by atoms with van der Waals surface area (Å²) in [5, 5.41) is 17.4. The third kappa shape index (κ3) is 4.88. The van der Waals surface area contributed by atoms with Crippen LogP contribution in [-0.4, -0.2) is 47.2 Å². The van der Waals surface area contributed by atoms with Crippen molar-refractivity contribution in [1.82, 2.24) is 0 Å². The summed E-state index contributed by atoms with van der Waals surface area (Å²) in [4.78, 5) is 13.5. The van der Waals surface area contributed by atoms with Crippen molar-refractivity contribution in [2.45, 2.75) is 43.2 Å². The number of rotatable bonds is 1. The van der Waals surface area contributed by atoms with Gasteiger partial charge in [0.25, 0.3) is 6.02 Å². The summed E-state index contributed by atoms with van der Waals surface area (Å²) in [5.74, 6) is -3.46. The van der Waals surface area contributed by atoms with E-state index in [4.69, 9.17) is 25.1 Å². The number of aliphatic hydroxyl groups is 1. The van der Waals surface area contributed by atoms with Crippen LogP contribution in [-0.2, 0) is 15.1 Å². The minimum atomic E-state index is -5.08. The highest BCUT2D eigenvalue weighted by atomic mass is 19.4. The van der Waals surface area contributed by atoms with Gasteiger partial charge in [0.15, 0.2) is 0 Å². The van der Waals surface area contributed by atoms with E-state index in [-0.39, 0.29) is 24.7 Å². The lowest BCUT2D eigenvalue weighted by Gasteiger charge is -2.47. The van der Waals surface area contributed by atoms with Crippen molar-refractivity contribution >= 4 is 12.0 Å². The second kappa shape index (κ2) is 8.99. The smallest absolute Gasteiger partial charge is 0.490 e. The van der Waals surface area contributed by atoms with Crippen LogP contribution in [0.15, 0.2) is 41.4 Å². The second-order valence-electron chi connectivity index (χ2n) is 8.56. The molecule has 0 bridgehead atoms. The molecule has 35 heavy (non-hydrogen) atoms. The SMILES string of the molecule is NC1=NC2(CO1)c1cc(-c3cc(F)cc(F)c3)ccc1OC1CCC(O)CC12.O=C(O)C(F)(F)F. The largest absolute Gasteiger partial charge is 0.490 e. The van der Waals surface area contributed by atoms with Gasteiger partial charge in [-0.1, -0.05) is 6.07 Å². The van der Waals surface area contributed by atoms with E-state index < -0.39 is 35.4 Å². The fraction of sp³-hybridized carbons (Fsp3) is 0.391. The first-order valence-corrected chi connectivity index (χ1v) is 10.6. The van der Waals surface area contributed by atoms with Crippen molar-refractivity contribution in [2.75, 3.05) is 6.61 Å². The zero-order valence-electron chi connectivity index (χ0n) is 18.1. The van der Waals surface area contributed by atoms with E-state index in [0.717, 1.165) is 18.1 Å². The first-order valence-electron chi connectivity index (χ1n) is 10.6. The van der Waals surface area contributed by atoms with E-state index in [1.165, 1.54) is 12.1 Å². The van der Waals surface area contributed by atoms with E-state index in [1.807, 2.05) is 6.07 Å². The molecule has 12 heteroatoms. The van der Waals surface area contributed by atoms with E-state index in [2.05, 4.69) is 4.99 Å². The highest BCUT2D eigenvalue weighted by Gasteiger charge is 2.55. The molecule has 0 saturated heterocycles. The number of halogens is 5. The van der Waals surface area contributed by atoms with Crippen LogP contribution >= 0.6 is 0 Å². The molecule has 1 spiro atoms. The fourth-order valence-electron chi connectivity index (χ4n) is 4.77. The number of hydrogen-bond donors (Lipinski definition) is 3. The number of ether oxygens (including phenoxy) is 2. The Balaban J connectivity index is 0.000000364. The number of carbonyl (C=O) groups is 1. The van der Waals surface area contributed by atoms with E-state index in [9.17, 15) is 27.1 Å². The molecule has 4 unspecified atom stereocenters. The number of hydrogen-bond acceptors (Lipinski definition) is 6. The number of carboxylic acids is 1. The van der Waals surface area contributed by atoms with Gasteiger partial charge in [-0.15, -0.1) is 0 Å². The molecule has 1 aliphatic carbocycles. The Labute approximate surface area is 196 Å². The molecule has 2 aromatic rings. The lowest BCUT2D eigenvalue weighted by atomic mass is 9.67. The molecule has 1 fully saturated rings. The highest BCUT2D eigenvalue weighted by Crippen LogP contribution is 2.53. The van der Waals surface area contributed by atoms with Crippen molar-refractivity contribution in [3.8, 4) is 16.9 Å². The number of nitrogens with two attached hydrogens (primary N) is 1. The number of aliphatic imine (C=N–C) groups is 1. The standard InChI is InChI=1S/C21H20F2N2O3.C2HF3O2/c22-13-5-12(6-14(23)8-13)11-1-3-18-16(7-11)21(10-27-20(24)25-21)17-9-15(26)2-4-19(17)28-18;3-2(4,5)1(6)7/h1,3,5-8,15,17,19,26H,2,4,9-10H2,(H2,24,25);(H,6,7).